The highest BCUT2D eigenvalue weighted by atomic mass is 16.6. The van der Waals surface area contributed by atoms with Crippen molar-refractivity contribution < 1.29 is 33.7 Å². The molecule has 0 bridgehead atoms. The zero-order chi connectivity index (χ0) is 23.5. The summed E-state index contributed by atoms with van der Waals surface area (Å²) in [4.78, 5) is 36.3. The molecular weight excluding hydrogens is 412 g/mol. The number of fused-ring (bicyclic) bond motifs is 5. The molecule has 7 nitrogen and oxygen atoms in total. The van der Waals surface area contributed by atoms with E-state index in [0.29, 0.717) is 25.2 Å². The molecule has 1 N–H and O–H groups in total. The number of rotatable bonds is 3. The maximum atomic E-state index is 12.7. The molecule has 0 aromatic rings. The normalized spacial score (nSPS) is 47.4. The number of carbonyl (C=O) groups excluding carboxylic acids is 3. The molecule has 180 valence electrons. The van der Waals surface area contributed by atoms with Crippen molar-refractivity contribution in [1.82, 2.24) is 0 Å². The molecule has 4 aliphatic carbocycles. The molecule has 7 heteroatoms. The zero-order valence-electron chi connectivity index (χ0n) is 20.0. The van der Waals surface area contributed by atoms with Crippen LogP contribution in [-0.2, 0) is 28.6 Å². The standard InChI is InChI=1S/C25H38O7/c1-14(26)31-17-8-10-23(3)16(12-17)6-7-18-20(23)13-21(32-15(2)27)24(4)19(22(28)30-5)9-11-25(18,24)29/h16-21,29H,6-13H2,1-5H3/t16-,17-,18-,19-,20+,21+,23-,24-,25-/m0/s1. The molecule has 0 spiro atoms. The van der Waals surface area contributed by atoms with Gasteiger partial charge in [-0.3, -0.25) is 14.4 Å². The summed E-state index contributed by atoms with van der Waals surface area (Å²) in [6.07, 6.45) is 5.51. The van der Waals surface area contributed by atoms with Crippen molar-refractivity contribution in [1.29, 1.82) is 0 Å². The zero-order valence-corrected chi connectivity index (χ0v) is 20.0. The summed E-state index contributed by atoms with van der Waals surface area (Å²) in [5.74, 6) is -0.827. The van der Waals surface area contributed by atoms with Gasteiger partial charge in [0, 0.05) is 19.3 Å². The molecule has 0 heterocycles. The molecule has 0 aromatic heterocycles. The predicted molar refractivity (Wildman–Crippen MR) is 115 cm³/mol. The summed E-state index contributed by atoms with van der Waals surface area (Å²) in [6.45, 7) is 7.09. The lowest BCUT2D eigenvalue weighted by atomic mass is 9.42. The molecule has 4 rings (SSSR count). The van der Waals surface area contributed by atoms with Gasteiger partial charge in [-0.2, -0.15) is 0 Å². The third kappa shape index (κ3) is 3.29. The number of esters is 3. The van der Waals surface area contributed by atoms with Crippen LogP contribution in [0.4, 0.5) is 0 Å². The highest BCUT2D eigenvalue weighted by Crippen LogP contribution is 2.69. The van der Waals surface area contributed by atoms with Crippen molar-refractivity contribution in [3.05, 3.63) is 0 Å². The molecule has 0 aliphatic heterocycles. The third-order valence-corrected chi connectivity index (χ3v) is 9.99. The number of carbonyl (C=O) groups is 3. The van der Waals surface area contributed by atoms with Crippen molar-refractivity contribution in [3.63, 3.8) is 0 Å². The van der Waals surface area contributed by atoms with Gasteiger partial charge >= 0.3 is 17.9 Å². The van der Waals surface area contributed by atoms with Crippen LogP contribution in [0.2, 0.25) is 0 Å². The van der Waals surface area contributed by atoms with Crippen LogP contribution in [0.1, 0.15) is 79.1 Å². The maximum absolute atomic E-state index is 12.7. The number of hydrogen-bond acceptors (Lipinski definition) is 7. The van der Waals surface area contributed by atoms with Crippen molar-refractivity contribution in [2.75, 3.05) is 7.11 Å². The molecule has 4 aliphatic rings. The summed E-state index contributed by atoms with van der Waals surface area (Å²) in [5, 5.41) is 12.3. The van der Waals surface area contributed by atoms with E-state index < -0.39 is 23.0 Å². The second-order valence-electron chi connectivity index (χ2n) is 11.2. The lowest BCUT2D eigenvalue weighted by Crippen LogP contribution is -2.68. The second kappa shape index (κ2) is 8.00. The Morgan fingerprint density at radius 2 is 1.56 bits per heavy atom. The largest absolute Gasteiger partial charge is 0.469 e. The third-order valence-electron chi connectivity index (χ3n) is 9.99. The van der Waals surface area contributed by atoms with E-state index >= 15 is 0 Å². The Hall–Kier alpha value is -1.63. The van der Waals surface area contributed by atoms with E-state index in [4.69, 9.17) is 14.2 Å². The van der Waals surface area contributed by atoms with Crippen molar-refractivity contribution in [3.8, 4) is 0 Å². The van der Waals surface area contributed by atoms with Crippen LogP contribution in [0.3, 0.4) is 0 Å². The van der Waals surface area contributed by atoms with E-state index in [9.17, 15) is 19.5 Å². The van der Waals surface area contributed by atoms with Crippen LogP contribution in [-0.4, -0.2) is 47.9 Å². The van der Waals surface area contributed by atoms with Gasteiger partial charge in [-0.15, -0.1) is 0 Å². The average molecular weight is 451 g/mol. The van der Waals surface area contributed by atoms with Gasteiger partial charge in [-0.1, -0.05) is 13.8 Å². The fourth-order valence-corrected chi connectivity index (χ4v) is 8.38. The Labute approximate surface area is 190 Å². The van der Waals surface area contributed by atoms with Crippen molar-refractivity contribution in [2.24, 2.45) is 34.5 Å². The molecule has 0 amide bonds. The fraction of sp³-hybridized carbons (Fsp3) is 0.880. The molecule has 32 heavy (non-hydrogen) atoms. The fourth-order valence-electron chi connectivity index (χ4n) is 8.38. The number of methoxy groups -OCH3 is 1. The summed E-state index contributed by atoms with van der Waals surface area (Å²) in [6, 6.07) is 0. The smallest absolute Gasteiger partial charge is 0.309 e. The van der Waals surface area contributed by atoms with Crippen LogP contribution in [0.5, 0.6) is 0 Å². The van der Waals surface area contributed by atoms with Gasteiger partial charge in [0.15, 0.2) is 0 Å². The van der Waals surface area contributed by atoms with Crippen LogP contribution in [0, 0.1) is 34.5 Å². The minimum Gasteiger partial charge on any atom is -0.469 e. The van der Waals surface area contributed by atoms with Crippen molar-refractivity contribution in [2.45, 2.75) is 96.9 Å². The van der Waals surface area contributed by atoms with E-state index in [1.807, 2.05) is 6.92 Å². The molecule has 0 radical (unpaired) electrons. The number of hydrogen-bond donors (Lipinski definition) is 1. The molecule has 9 atom stereocenters. The molecule has 4 fully saturated rings. The molecule has 4 saturated carbocycles. The topological polar surface area (TPSA) is 99.1 Å². The minimum absolute atomic E-state index is 0.0294. The van der Waals surface area contributed by atoms with Gasteiger partial charge in [0.05, 0.1) is 18.6 Å². The number of ether oxygens (including phenoxy) is 3. The Bertz CT molecular complexity index is 795. The average Bonchev–Trinajstić information content (AvgIpc) is 3.00. The van der Waals surface area contributed by atoms with Crippen molar-refractivity contribution >= 4 is 17.9 Å². The molecule has 0 saturated heterocycles. The first kappa shape index (κ1) is 23.5. The minimum atomic E-state index is -1.09. The first-order chi connectivity index (χ1) is 15.0. The highest BCUT2D eigenvalue weighted by Gasteiger charge is 2.72. The Morgan fingerprint density at radius 1 is 0.875 bits per heavy atom. The number of aliphatic hydroxyl groups is 1. The quantitative estimate of drug-likeness (QED) is 0.520. The second-order valence-corrected chi connectivity index (χ2v) is 11.2. The molecular formula is C25H38O7. The Morgan fingerprint density at radius 3 is 2.19 bits per heavy atom. The summed E-state index contributed by atoms with van der Waals surface area (Å²) < 4.78 is 16.5. The first-order valence-electron chi connectivity index (χ1n) is 12.1. The lowest BCUT2D eigenvalue weighted by molar-refractivity contribution is -0.254. The van der Waals surface area contributed by atoms with E-state index in [0.717, 1.165) is 32.1 Å². The maximum Gasteiger partial charge on any atom is 0.309 e. The summed E-state index contributed by atoms with van der Waals surface area (Å²) in [5.41, 5.74) is -1.99. The van der Waals surface area contributed by atoms with Crippen LogP contribution in [0.15, 0.2) is 0 Å². The van der Waals surface area contributed by atoms with E-state index in [2.05, 4.69) is 6.92 Å². The lowest BCUT2D eigenvalue weighted by Gasteiger charge is -2.64. The van der Waals surface area contributed by atoms with Gasteiger partial charge in [-0.25, -0.2) is 0 Å². The highest BCUT2D eigenvalue weighted by molar-refractivity contribution is 5.75. The van der Waals surface area contributed by atoms with Gasteiger partial charge in [0.2, 0.25) is 0 Å². The Balaban J connectivity index is 1.69. The first-order valence-corrected chi connectivity index (χ1v) is 12.1. The summed E-state index contributed by atoms with van der Waals surface area (Å²) in [7, 11) is 1.38. The Kier molecular flexibility index (Phi) is 5.88. The van der Waals surface area contributed by atoms with Crippen LogP contribution >= 0.6 is 0 Å². The predicted octanol–water partition coefficient (Wildman–Crippen LogP) is 3.41. The van der Waals surface area contributed by atoms with Gasteiger partial charge in [0.1, 0.15) is 12.2 Å². The van der Waals surface area contributed by atoms with E-state index in [1.54, 1.807) is 0 Å². The van der Waals surface area contributed by atoms with Crippen LogP contribution < -0.4 is 0 Å². The SMILES string of the molecule is COC(=O)[C@@H]1CC[C@]2(O)[C@H]3CC[C@H]4C[C@@H](OC(C)=O)CC[C@]4(C)[C@@H]3C[C@@H](OC(C)=O)[C@]12C. The molecule has 0 unspecified atom stereocenters. The monoisotopic (exact) mass is 450 g/mol. The summed E-state index contributed by atoms with van der Waals surface area (Å²) >= 11 is 0. The van der Waals surface area contributed by atoms with Gasteiger partial charge in [-0.05, 0) is 74.5 Å². The molecule has 0 aromatic carbocycles. The van der Waals surface area contributed by atoms with E-state index in [1.165, 1.54) is 21.0 Å². The van der Waals surface area contributed by atoms with Gasteiger partial charge in [0.25, 0.3) is 0 Å². The van der Waals surface area contributed by atoms with Gasteiger partial charge < -0.3 is 19.3 Å². The van der Waals surface area contributed by atoms with Crippen LogP contribution in [0.25, 0.3) is 0 Å². The van der Waals surface area contributed by atoms with E-state index in [-0.39, 0.29) is 41.3 Å².